The minimum atomic E-state index is -3.92. The van der Waals surface area contributed by atoms with Crippen molar-refractivity contribution >= 4 is 27.3 Å². The Morgan fingerprint density at radius 3 is 2.42 bits per heavy atom. The van der Waals surface area contributed by atoms with Gasteiger partial charge in [-0.2, -0.15) is 0 Å². The molecule has 1 amide bonds. The van der Waals surface area contributed by atoms with Crippen molar-refractivity contribution in [2.75, 3.05) is 9.62 Å². The van der Waals surface area contributed by atoms with E-state index in [4.69, 9.17) is 0 Å². The van der Waals surface area contributed by atoms with Gasteiger partial charge in [-0.05, 0) is 50.5 Å². The van der Waals surface area contributed by atoms with Crippen LogP contribution >= 0.6 is 0 Å². The molecule has 7 heteroatoms. The van der Waals surface area contributed by atoms with Crippen LogP contribution in [0.25, 0.3) is 0 Å². The van der Waals surface area contributed by atoms with Crippen LogP contribution in [0.4, 0.5) is 15.8 Å². The number of nitrogens with one attached hydrogen (secondary N) is 1. The molecule has 0 spiro atoms. The predicted molar refractivity (Wildman–Crippen MR) is 99.3 cm³/mol. The van der Waals surface area contributed by atoms with Crippen LogP contribution in [0.1, 0.15) is 30.9 Å². The van der Waals surface area contributed by atoms with E-state index in [0.717, 1.165) is 24.5 Å². The van der Waals surface area contributed by atoms with Crippen LogP contribution in [0.15, 0.2) is 41.3 Å². The van der Waals surface area contributed by atoms with Gasteiger partial charge in [-0.25, -0.2) is 12.8 Å². The van der Waals surface area contributed by atoms with Gasteiger partial charge in [0, 0.05) is 19.0 Å². The van der Waals surface area contributed by atoms with Gasteiger partial charge in [0.25, 0.3) is 10.0 Å². The zero-order valence-corrected chi connectivity index (χ0v) is 15.7. The van der Waals surface area contributed by atoms with Crippen LogP contribution in [0.5, 0.6) is 0 Å². The smallest absolute Gasteiger partial charge is 0.262 e. The summed E-state index contributed by atoms with van der Waals surface area (Å²) in [5.74, 6) is -0.780. The van der Waals surface area contributed by atoms with E-state index >= 15 is 0 Å². The number of benzene rings is 2. The molecule has 0 radical (unpaired) electrons. The average Bonchev–Trinajstić information content (AvgIpc) is 3.33. The third kappa shape index (κ3) is 3.72. The lowest BCUT2D eigenvalue weighted by Gasteiger charge is -2.24. The lowest BCUT2D eigenvalue weighted by Crippen LogP contribution is -2.31. The van der Waals surface area contributed by atoms with Gasteiger partial charge in [0.05, 0.1) is 16.3 Å². The van der Waals surface area contributed by atoms with Crippen molar-refractivity contribution in [1.29, 1.82) is 0 Å². The minimum absolute atomic E-state index is 0.0299. The summed E-state index contributed by atoms with van der Waals surface area (Å²) in [6, 6.07) is 8.80. The Morgan fingerprint density at radius 1 is 1.15 bits per heavy atom. The monoisotopic (exact) mass is 376 g/mol. The van der Waals surface area contributed by atoms with Gasteiger partial charge in [0.2, 0.25) is 5.91 Å². The fourth-order valence-corrected chi connectivity index (χ4v) is 4.35. The second-order valence-corrected chi connectivity index (χ2v) is 8.31. The number of aryl methyl sites for hydroxylation is 2. The number of rotatable bonds is 5. The summed E-state index contributed by atoms with van der Waals surface area (Å²) in [5.41, 5.74) is 1.98. The van der Waals surface area contributed by atoms with Crippen LogP contribution in [0, 0.1) is 19.7 Å². The number of hydrogen-bond acceptors (Lipinski definition) is 3. The number of halogens is 1. The highest BCUT2D eigenvalue weighted by Gasteiger charge is 2.34. The second kappa shape index (κ2) is 6.72. The highest BCUT2D eigenvalue weighted by atomic mass is 32.2. The first-order chi connectivity index (χ1) is 12.2. The summed E-state index contributed by atoms with van der Waals surface area (Å²) < 4.78 is 41.9. The number of nitrogens with zero attached hydrogens (tertiary/aromatic N) is 1. The lowest BCUT2D eigenvalue weighted by atomic mass is 10.2. The van der Waals surface area contributed by atoms with Crippen molar-refractivity contribution in [1.82, 2.24) is 0 Å². The summed E-state index contributed by atoms with van der Waals surface area (Å²) in [7, 11) is -3.92. The molecular formula is C19H21FN2O3S. The van der Waals surface area contributed by atoms with Crippen molar-refractivity contribution in [2.45, 2.75) is 44.6 Å². The molecule has 0 atom stereocenters. The number of carbonyl (C=O) groups is 1. The molecule has 2 aromatic carbocycles. The molecule has 26 heavy (non-hydrogen) atoms. The summed E-state index contributed by atoms with van der Waals surface area (Å²) in [5, 5.41) is 0. The van der Waals surface area contributed by atoms with Crippen molar-refractivity contribution in [3.05, 3.63) is 53.3 Å². The largest absolute Gasteiger partial charge is 0.308 e. The van der Waals surface area contributed by atoms with Gasteiger partial charge in [0.1, 0.15) is 5.82 Å². The Balaban J connectivity index is 2.03. The van der Waals surface area contributed by atoms with E-state index in [1.807, 2.05) is 6.92 Å². The van der Waals surface area contributed by atoms with Crippen LogP contribution in [0.2, 0.25) is 0 Å². The molecule has 3 rings (SSSR count). The first kappa shape index (κ1) is 18.4. The molecule has 0 bridgehead atoms. The van der Waals surface area contributed by atoms with Crippen LogP contribution in [-0.2, 0) is 14.8 Å². The number of hydrogen-bond donors (Lipinski definition) is 1. The maximum absolute atomic E-state index is 13.8. The zero-order chi connectivity index (χ0) is 19.1. The van der Waals surface area contributed by atoms with Gasteiger partial charge in [-0.1, -0.05) is 17.7 Å². The lowest BCUT2D eigenvalue weighted by molar-refractivity contribution is -0.116. The normalized spacial score (nSPS) is 14.2. The van der Waals surface area contributed by atoms with E-state index in [9.17, 15) is 17.6 Å². The minimum Gasteiger partial charge on any atom is -0.308 e. The summed E-state index contributed by atoms with van der Waals surface area (Å²) >= 11 is 0. The Morgan fingerprint density at radius 2 is 1.85 bits per heavy atom. The predicted octanol–water partition coefficient (Wildman–Crippen LogP) is 3.76. The SMILES string of the molecule is CC(=O)N(c1ccc(F)cc1NS(=O)(=O)c1ccc(C)cc1C)C1CC1. The van der Waals surface area contributed by atoms with E-state index in [1.54, 1.807) is 19.1 Å². The van der Waals surface area contributed by atoms with E-state index in [-0.39, 0.29) is 22.5 Å². The molecule has 0 unspecified atom stereocenters. The van der Waals surface area contributed by atoms with Gasteiger partial charge < -0.3 is 4.90 Å². The highest BCUT2D eigenvalue weighted by molar-refractivity contribution is 7.92. The maximum atomic E-state index is 13.8. The van der Waals surface area contributed by atoms with Gasteiger partial charge in [-0.15, -0.1) is 0 Å². The van der Waals surface area contributed by atoms with Crippen molar-refractivity contribution in [2.24, 2.45) is 0 Å². The molecular weight excluding hydrogens is 355 g/mol. The molecule has 138 valence electrons. The quantitative estimate of drug-likeness (QED) is 0.864. The molecule has 0 saturated heterocycles. The van der Waals surface area contributed by atoms with Crippen LogP contribution in [0.3, 0.4) is 0 Å². The maximum Gasteiger partial charge on any atom is 0.262 e. The molecule has 1 N–H and O–H groups in total. The Labute approximate surface area is 152 Å². The number of anilines is 2. The standard InChI is InChI=1S/C19H21FN2O3S/c1-12-4-9-19(13(2)10-12)26(24,25)21-17-11-15(20)5-8-18(17)22(14(3)23)16-6-7-16/h4-5,8-11,16,21H,6-7H2,1-3H3. The first-order valence-electron chi connectivity index (χ1n) is 8.38. The number of carbonyl (C=O) groups excluding carboxylic acids is 1. The topological polar surface area (TPSA) is 66.5 Å². The summed E-state index contributed by atoms with van der Waals surface area (Å²) in [6.07, 6.45) is 1.69. The summed E-state index contributed by atoms with van der Waals surface area (Å²) in [6.45, 7) is 5.01. The fraction of sp³-hybridized carbons (Fsp3) is 0.316. The Bertz CT molecular complexity index is 969. The number of sulfonamides is 1. The highest BCUT2D eigenvalue weighted by Crippen LogP contribution is 2.37. The van der Waals surface area contributed by atoms with E-state index < -0.39 is 15.8 Å². The molecule has 1 aliphatic carbocycles. The Hall–Kier alpha value is -2.41. The summed E-state index contributed by atoms with van der Waals surface area (Å²) in [4.78, 5) is 13.7. The molecule has 0 heterocycles. The molecule has 1 fully saturated rings. The second-order valence-electron chi connectivity index (χ2n) is 6.66. The number of amides is 1. The van der Waals surface area contributed by atoms with Gasteiger partial charge >= 0.3 is 0 Å². The van der Waals surface area contributed by atoms with E-state index in [2.05, 4.69) is 4.72 Å². The van der Waals surface area contributed by atoms with Crippen LogP contribution in [-0.4, -0.2) is 20.4 Å². The third-order valence-corrected chi connectivity index (χ3v) is 5.86. The van der Waals surface area contributed by atoms with E-state index in [0.29, 0.717) is 11.3 Å². The molecule has 1 aliphatic rings. The van der Waals surface area contributed by atoms with Crippen molar-refractivity contribution in [3.63, 3.8) is 0 Å². The molecule has 5 nitrogen and oxygen atoms in total. The van der Waals surface area contributed by atoms with Gasteiger partial charge in [0.15, 0.2) is 0 Å². The molecule has 1 saturated carbocycles. The Kier molecular flexibility index (Phi) is 4.75. The van der Waals surface area contributed by atoms with Gasteiger partial charge in [-0.3, -0.25) is 9.52 Å². The molecule has 2 aromatic rings. The fourth-order valence-electron chi connectivity index (χ4n) is 3.06. The molecule has 0 aliphatic heterocycles. The van der Waals surface area contributed by atoms with Crippen molar-refractivity contribution < 1.29 is 17.6 Å². The van der Waals surface area contributed by atoms with Crippen LogP contribution < -0.4 is 9.62 Å². The zero-order valence-electron chi connectivity index (χ0n) is 14.9. The molecule has 0 aromatic heterocycles. The average molecular weight is 376 g/mol. The van der Waals surface area contributed by atoms with E-state index in [1.165, 1.54) is 30.0 Å². The third-order valence-electron chi connectivity index (χ3n) is 4.33. The first-order valence-corrected chi connectivity index (χ1v) is 9.87. The van der Waals surface area contributed by atoms with Crippen molar-refractivity contribution in [3.8, 4) is 0 Å².